The summed E-state index contributed by atoms with van der Waals surface area (Å²) in [6.07, 6.45) is -0.103. The second-order valence-electron chi connectivity index (χ2n) is 7.25. The molecular weight excluding hydrogens is 353 g/mol. The van der Waals surface area contributed by atoms with Crippen LogP contribution >= 0.6 is 0 Å². The van der Waals surface area contributed by atoms with E-state index in [4.69, 9.17) is 4.74 Å². The van der Waals surface area contributed by atoms with Crippen molar-refractivity contribution in [1.82, 2.24) is 9.55 Å². The Morgan fingerprint density at radius 2 is 1.81 bits per heavy atom. The second kappa shape index (κ2) is 6.59. The second-order valence-corrected chi connectivity index (χ2v) is 7.25. The first-order valence-electron chi connectivity index (χ1n) is 9.08. The Bertz CT molecular complexity index is 970. The summed E-state index contributed by atoms with van der Waals surface area (Å²) in [5.74, 6) is 1.43. The third-order valence-corrected chi connectivity index (χ3v) is 5.27. The first-order chi connectivity index (χ1) is 12.8. The minimum Gasteiger partial charge on any atom is -0.487 e. The van der Waals surface area contributed by atoms with Crippen molar-refractivity contribution in [1.29, 1.82) is 0 Å². The highest BCUT2D eigenvalue weighted by Gasteiger charge is 2.30. The van der Waals surface area contributed by atoms with Crippen molar-refractivity contribution >= 4 is 11.0 Å². The van der Waals surface area contributed by atoms with E-state index in [2.05, 4.69) is 23.4 Å². The fraction of sp³-hybridized carbons (Fsp3) is 0.381. The largest absolute Gasteiger partial charge is 0.487 e. The van der Waals surface area contributed by atoms with Crippen molar-refractivity contribution in [3.05, 3.63) is 58.9 Å². The Kier molecular flexibility index (Phi) is 4.36. The zero-order valence-electron chi connectivity index (χ0n) is 15.3. The first-order valence-corrected chi connectivity index (χ1v) is 9.08. The summed E-state index contributed by atoms with van der Waals surface area (Å²) < 4.78 is 46.4. The average Bonchev–Trinajstić information content (AvgIpc) is 3.43. The van der Waals surface area contributed by atoms with Gasteiger partial charge in [-0.05, 0) is 55.9 Å². The maximum absolute atomic E-state index is 12.7. The van der Waals surface area contributed by atoms with Crippen molar-refractivity contribution < 1.29 is 17.9 Å². The number of hydrogen-bond donors (Lipinski definition) is 0. The number of pyridine rings is 1. The third-order valence-electron chi connectivity index (χ3n) is 5.27. The lowest BCUT2D eigenvalue weighted by Gasteiger charge is -2.13. The molecule has 4 rings (SSSR count). The summed E-state index contributed by atoms with van der Waals surface area (Å²) in [6.45, 7) is 5.33. The summed E-state index contributed by atoms with van der Waals surface area (Å²) in [6, 6.07) is 6.92. The number of rotatable bonds is 5. The number of nitrogens with zero attached hydrogens (tertiary/aromatic N) is 2. The molecule has 2 heterocycles. The molecule has 1 aliphatic carbocycles. The number of halogens is 3. The van der Waals surface area contributed by atoms with Crippen molar-refractivity contribution in [2.75, 3.05) is 0 Å². The molecule has 0 saturated heterocycles. The molecule has 142 valence electrons. The van der Waals surface area contributed by atoms with Gasteiger partial charge < -0.3 is 9.30 Å². The Labute approximate surface area is 155 Å². The van der Waals surface area contributed by atoms with Crippen LogP contribution in [0.4, 0.5) is 13.2 Å². The minimum absolute atomic E-state index is 0.212. The van der Waals surface area contributed by atoms with E-state index in [0.29, 0.717) is 11.5 Å². The number of benzene rings is 1. The van der Waals surface area contributed by atoms with Crippen LogP contribution < -0.4 is 4.74 Å². The fourth-order valence-corrected chi connectivity index (χ4v) is 3.37. The zero-order valence-corrected chi connectivity index (χ0v) is 15.3. The number of hydrogen-bond acceptors (Lipinski definition) is 2. The summed E-state index contributed by atoms with van der Waals surface area (Å²) in [5, 5.41) is 0. The maximum atomic E-state index is 12.7. The zero-order chi connectivity index (χ0) is 19.2. The van der Waals surface area contributed by atoms with Crippen molar-refractivity contribution in [3.8, 4) is 5.75 Å². The van der Waals surface area contributed by atoms with Gasteiger partial charge in [-0.3, -0.25) is 4.98 Å². The summed E-state index contributed by atoms with van der Waals surface area (Å²) >= 11 is 0. The van der Waals surface area contributed by atoms with Crippen LogP contribution in [0.15, 0.2) is 36.5 Å². The van der Waals surface area contributed by atoms with Crippen molar-refractivity contribution in [2.45, 2.75) is 46.0 Å². The lowest BCUT2D eigenvalue weighted by Crippen LogP contribution is -2.06. The summed E-state index contributed by atoms with van der Waals surface area (Å²) in [4.78, 5) is 4.52. The van der Waals surface area contributed by atoms with Gasteiger partial charge in [0.1, 0.15) is 17.9 Å². The van der Waals surface area contributed by atoms with E-state index in [1.165, 1.54) is 30.7 Å². The van der Waals surface area contributed by atoms with Gasteiger partial charge >= 0.3 is 6.18 Å². The van der Waals surface area contributed by atoms with E-state index in [-0.39, 0.29) is 6.61 Å². The van der Waals surface area contributed by atoms with Gasteiger partial charge in [0.25, 0.3) is 0 Å². The van der Waals surface area contributed by atoms with E-state index in [0.717, 1.165) is 41.0 Å². The lowest BCUT2D eigenvalue weighted by molar-refractivity contribution is -0.137. The number of aromatic nitrogens is 2. The summed E-state index contributed by atoms with van der Waals surface area (Å²) in [7, 11) is 0. The molecule has 2 aromatic heterocycles. The van der Waals surface area contributed by atoms with Gasteiger partial charge in [-0.15, -0.1) is 0 Å². The van der Waals surface area contributed by atoms with Crippen LogP contribution in [-0.4, -0.2) is 9.55 Å². The maximum Gasteiger partial charge on any atom is 0.416 e. The number of ether oxygens (including phenoxy) is 1. The Balaban J connectivity index is 1.61. The predicted octanol–water partition coefficient (Wildman–Crippen LogP) is 5.66. The average molecular weight is 374 g/mol. The smallest absolute Gasteiger partial charge is 0.416 e. The van der Waals surface area contributed by atoms with Gasteiger partial charge in [0.15, 0.2) is 0 Å². The van der Waals surface area contributed by atoms with Gasteiger partial charge in [0.2, 0.25) is 0 Å². The highest BCUT2D eigenvalue weighted by atomic mass is 19.4. The third kappa shape index (κ3) is 3.53. The van der Waals surface area contributed by atoms with Crippen LogP contribution in [-0.2, 0) is 19.3 Å². The molecule has 0 spiro atoms. The molecule has 0 atom stereocenters. The normalized spacial score (nSPS) is 14.7. The van der Waals surface area contributed by atoms with Gasteiger partial charge in [0, 0.05) is 24.5 Å². The molecule has 1 fully saturated rings. The molecule has 0 amide bonds. The van der Waals surface area contributed by atoms with E-state index in [1.54, 1.807) is 6.20 Å². The van der Waals surface area contributed by atoms with Crippen LogP contribution in [0, 0.1) is 19.8 Å². The minimum atomic E-state index is -4.32. The highest BCUT2D eigenvalue weighted by Crippen LogP contribution is 2.37. The first kappa shape index (κ1) is 17.9. The van der Waals surface area contributed by atoms with Gasteiger partial charge in [-0.1, -0.05) is 12.1 Å². The van der Waals surface area contributed by atoms with E-state index in [1.807, 2.05) is 6.07 Å². The lowest BCUT2D eigenvalue weighted by atomic mass is 10.1. The topological polar surface area (TPSA) is 27.1 Å². The molecule has 1 saturated carbocycles. The van der Waals surface area contributed by atoms with Crippen LogP contribution in [0.2, 0.25) is 0 Å². The van der Waals surface area contributed by atoms with Crippen molar-refractivity contribution in [3.63, 3.8) is 0 Å². The molecule has 1 aliphatic rings. The van der Waals surface area contributed by atoms with Gasteiger partial charge in [-0.2, -0.15) is 13.2 Å². The highest BCUT2D eigenvalue weighted by molar-refractivity contribution is 5.86. The molecule has 0 aliphatic heterocycles. The van der Waals surface area contributed by atoms with E-state index >= 15 is 0 Å². The molecule has 27 heavy (non-hydrogen) atoms. The fourth-order valence-electron chi connectivity index (χ4n) is 3.37. The Hall–Kier alpha value is -2.50. The van der Waals surface area contributed by atoms with E-state index < -0.39 is 11.7 Å². The van der Waals surface area contributed by atoms with Crippen LogP contribution in [0.5, 0.6) is 5.75 Å². The number of aryl methyl sites for hydroxylation is 1. The molecule has 1 aromatic carbocycles. The predicted molar refractivity (Wildman–Crippen MR) is 97.7 cm³/mol. The molecule has 0 unspecified atom stereocenters. The van der Waals surface area contributed by atoms with Crippen LogP contribution in [0.1, 0.15) is 35.2 Å². The SMILES string of the molecule is Cc1c(C)n(CC2CC2)c2c(OCc3ccc(C(F)(F)F)cc3)ccnc12. The van der Waals surface area contributed by atoms with Crippen molar-refractivity contribution in [2.24, 2.45) is 5.92 Å². The molecule has 3 nitrogen and oxygen atoms in total. The molecule has 6 heteroatoms. The monoisotopic (exact) mass is 374 g/mol. The van der Waals surface area contributed by atoms with Gasteiger partial charge in [-0.25, -0.2) is 0 Å². The number of fused-ring (bicyclic) bond motifs is 1. The molecule has 0 N–H and O–H groups in total. The summed E-state index contributed by atoms with van der Waals surface area (Å²) in [5.41, 5.74) is 4.29. The molecule has 0 bridgehead atoms. The van der Waals surface area contributed by atoms with Crippen LogP contribution in [0.3, 0.4) is 0 Å². The molecular formula is C21H21F3N2O. The van der Waals surface area contributed by atoms with Crippen LogP contribution in [0.25, 0.3) is 11.0 Å². The quantitative estimate of drug-likeness (QED) is 0.576. The standard InChI is InChI=1S/C21H21F3N2O/c1-13-14(2)26(11-15-3-4-15)20-18(9-10-25-19(13)20)27-12-16-5-7-17(8-6-16)21(22,23)24/h5-10,15H,3-4,11-12H2,1-2H3. The Morgan fingerprint density at radius 3 is 2.44 bits per heavy atom. The van der Waals surface area contributed by atoms with Gasteiger partial charge in [0.05, 0.1) is 11.1 Å². The Morgan fingerprint density at radius 1 is 1.11 bits per heavy atom. The number of alkyl halides is 3. The molecule has 0 radical (unpaired) electrons. The molecule has 3 aromatic rings. The van der Waals surface area contributed by atoms with E-state index in [9.17, 15) is 13.2 Å².